The largest absolute Gasteiger partial charge is 0.334 e. The minimum absolute atomic E-state index is 0.000961. The number of hydrogen-bond acceptors (Lipinski definition) is 5. The number of aromatic nitrogens is 8. The number of nitrogens with one attached hydrogen (secondary N) is 1. The van der Waals surface area contributed by atoms with Gasteiger partial charge in [0, 0.05) is 42.0 Å². The summed E-state index contributed by atoms with van der Waals surface area (Å²) in [6.07, 6.45) is 12.0. The van der Waals surface area contributed by atoms with Crippen molar-refractivity contribution in [3.63, 3.8) is 0 Å². The summed E-state index contributed by atoms with van der Waals surface area (Å²) >= 11 is 0. The van der Waals surface area contributed by atoms with Crippen molar-refractivity contribution in [1.29, 1.82) is 0 Å². The molecule has 4 heterocycles. The average molecular weight is 525 g/mol. The van der Waals surface area contributed by atoms with Gasteiger partial charge in [-0.1, -0.05) is 63.9 Å². The zero-order valence-electron chi connectivity index (χ0n) is 23.0. The molecule has 0 fully saturated rings. The number of unbranched alkanes of at least 4 members (excludes halogenated alkanes) is 1. The van der Waals surface area contributed by atoms with E-state index in [9.17, 15) is 4.79 Å². The first kappa shape index (κ1) is 26.3. The van der Waals surface area contributed by atoms with Gasteiger partial charge in [-0.15, -0.1) is 10.2 Å². The Bertz CT molecular complexity index is 1530. The van der Waals surface area contributed by atoms with Crippen LogP contribution < -0.4 is 5.69 Å². The molecule has 1 N–H and O–H groups in total. The maximum absolute atomic E-state index is 13.9. The van der Waals surface area contributed by atoms with E-state index in [1.54, 1.807) is 0 Å². The number of imidazole rings is 1. The van der Waals surface area contributed by atoms with Crippen molar-refractivity contribution < 1.29 is 0 Å². The molecule has 9 heteroatoms. The minimum Gasteiger partial charge on any atom is -0.334 e. The Kier molecular flexibility index (Phi) is 8.15. The highest BCUT2D eigenvalue weighted by Gasteiger charge is 2.19. The van der Waals surface area contributed by atoms with E-state index in [0.717, 1.165) is 79.0 Å². The van der Waals surface area contributed by atoms with Crippen LogP contribution in [0.3, 0.4) is 0 Å². The number of rotatable bonds is 12. The third-order valence-electron chi connectivity index (χ3n) is 7.03. The van der Waals surface area contributed by atoms with Gasteiger partial charge in [0.2, 0.25) is 5.82 Å². The van der Waals surface area contributed by atoms with Crippen LogP contribution >= 0.6 is 0 Å². The summed E-state index contributed by atoms with van der Waals surface area (Å²) in [6, 6.07) is 14.1. The van der Waals surface area contributed by atoms with Crippen LogP contribution in [0, 0.1) is 0 Å². The fourth-order valence-corrected chi connectivity index (χ4v) is 5.13. The summed E-state index contributed by atoms with van der Waals surface area (Å²) in [5.41, 5.74) is 5.86. The van der Waals surface area contributed by atoms with Crippen LogP contribution in [0.1, 0.15) is 63.3 Å². The van der Waals surface area contributed by atoms with Gasteiger partial charge in [-0.2, -0.15) is 5.21 Å². The third-order valence-corrected chi connectivity index (χ3v) is 7.03. The van der Waals surface area contributed by atoms with Crippen molar-refractivity contribution in [2.24, 2.45) is 0 Å². The van der Waals surface area contributed by atoms with E-state index >= 15 is 0 Å². The van der Waals surface area contributed by atoms with Gasteiger partial charge in [-0.05, 0) is 54.2 Å². The summed E-state index contributed by atoms with van der Waals surface area (Å²) in [5.74, 6) is 1.53. The van der Waals surface area contributed by atoms with E-state index in [4.69, 9.17) is 4.98 Å². The molecule has 9 nitrogen and oxygen atoms in total. The Morgan fingerprint density at radius 3 is 2.46 bits per heavy atom. The van der Waals surface area contributed by atoms with Crippen molar-refractivity contribution in [2.45, 2.75) is 72.4 Å². The van der Waals surface area contributed by atoms with Crippen LogP contribution in [0.25, 0.3) is 28.5 Å². The van der Waals surface area contributed by atoms with Gasteiger partial charge in [0.25, 0.3) is 0 Å². The number of H-pyrrole nitrogens is 1. The topological polar surface area (TPSA) is 99.2 Å². The van der Waals surface area contributed by atoms with Gasteiger partial charge in [-0.25, -0.2) is 4.79 Å². The predicted octanol–water partition coefficient (Wildman–Crippen LogP) is 5.44. The van der Waals surface area contributed by atoms with Crippen LogP contribution in [0.5, 0.6) is 0 Å². The third kappa shape index (κ3) is 5.48. The predicted molar refractivity (Wildman–Crippen MR) is 153 cm³/mol. The zero-order chi connectivity index (χ0) is 27.2. The molecular weight excluding hydrogens is 488 g/mol. The Labute approximate surface area is 228 Å². The number of nitrogens with zero attached hydrogens (tertiary/aromatic N) is 7. The summed E-state index contributed by atoms with van der Waals surface area (Å²) in [4.78, 5) is 18.7. The van der Waals surface area contributed by atoms with Gasteiger partial charge < -0.3 is 4.57 Å². The van der Waals surface area contributed by atoms with Crippen molar-refractivity contribution in [3.8, 4) is 28.5 Å². The summed E-state index contributed by atoms with van der Waals surface area (Å²) < 4.78 is 6.01. The number of hydrogen-bond donors (Lipinski definition) is 1. The monoisotopic (exact) mass is 524 g/mol. The van der Waals surface area contributed by atoms with Gasteiger partial charge in [-0.3, -0.25) is 14.1 Å². The highest BCUT2D eigenvalue weighted by atomic mass is 16.1. The lowest BCUT2D eigenvalue weighted by atomic mass is 10.0. The molecule has 0 amide bonds. The fourth-order valence-electron chi connectivity index (χ4n) is 5.13. The molecular formula is C30H36N8O. The van der Waals surface area contributed by atoms with E-state index in [1.807, 2.05) is 51.7 Å². The maximum Gasteiger partial charge on any atom is 0.334 e. The molecule has 0 saturated carbocycles. The van der Waals surface area contributed by atoms with E-state index in [0.29, 0.717) is 12.4 Å². The van der Waals surface area contributed by atoms with Crippen LogP contribution in [0.4, 0.5) is 0 Å². The summed E-state index contributed by atoms with van der Waals surface area (Å²) in [7, 11) is 0. The van der Waals surface area contributed by atoms with Crippen LogP contribution in [0.15, 0.2) is 65.8 Å². The molecule has 1 aromatic carbocycles. The van der Waals surface area contributed by atoms with Gasteiger partial charge in [0.05, 0.1) is 12.2 Å². The molecule has 5 aromatic rings. The van der Waals surface area contributed by atoms with E-state index in [2.05, 4.69) is 64.4 Å². The highest BCUT2D eigenvalue weighted by molar-refractivity contribution is 5.78. The smallest absolute Gasteiger partial charge is 0.334 e. The number of pyridine rings is 1. The SMILES string of the molecule is CCCCc1cn(-c2c(CCC)ccn2CCC)c(=O)n1Cc1ccc(-c2ccccc2-c2nn[nH]n2)nc1. The maximum atomic E-state index is 13.9. The average Bonchev–Trinajstić information content (AvgIpc) is 3.70. The first-order valence-electron chi connectivity index (χ1n) is 13.9. The molecule has 5 rings (SSSR count). The highest BCUT2D eigenvalue weighted by Crippen LogP contribution is 2.28. The lowest BCUT2D eigenvalue weighted by molar-refractivity contribution is 0.641. The van der Waals surface area contributed by atoms with E-state index < -0.39 is 0 Å². The Hall–Kier alpha value is -4.27. The molecule has 0 aliphatic heterocycles. The molecule has 39 heavy (non-hydrogen) atoms. The first-order chi connectivity index (χ1) is 19.1. The van der Waals surface area contributed by atoms with Crippen LogP contribution in [-0.4, -0.2) is 39.3 Å². The molecule has 0 radical (unpaired) electrons. The molecule has 202 valence electrons. The Balaban J connectivity index is 1.49. The number of benzene rings is 1. The molecule has 0 aliphatic rings. The second-order valence-corrected chi connectivity index (χ2v) is 9.90. The van der Waals surface area contributed by atoms with E-state index in [1.165, 1.54) is 5.56 Å². The van der Waals surface area contributed by atoms with Gasteiger partial charge >= 0.3 is 5.69 Å². The van der Waals surface area contributed by atoms with Crippen molar-refractivity contribution in [2.75, 3.05) is 0 Å². The van der Waals surface area contributed by atoms with Crippen molar-refractivity contribution >= 4 is 0 Å². The lowest BCUT2D eigenvalue weighted by Crippen LogP contribution is -2.26. The molecule has 0 aliphatic carbocycles. The molecule has 0 spiro atoms. The number of aromatic amines is 1. The normalized spacial score (nSPS) is 11.4. The van der Waals surface area contributed by atoms with Gasteiger partial charge in [0.1, 0.15) is 5.82 Å². The molecule has 0 bridgehead atoms. The molecule has 4 aromatic heterocycles. The van der Waals surface area contributed by atoms with Crippen LogP contribution in [-0.2, 0) is 25.9 Å². The minimum atomic E-state index is 0.000961. The lowest BCUT2D eigenvalue weighted by Gasteiger charge is -2.11. The summed E-state index contributed by atoms with van der Waals surface area (Å²) in [6.45, 7) is 7.89. The van der Waals surface area contributed by atoms with Gasteiger partial charge in [0.15, 0.2) is 0 Å². The standard InChI is InChI=1S/C30H36N8O/c1-4-7-11-24-21-38(29-23(10-5-2)16-18-36(29)17-6-3)30(39)37(24)20-22-14-15-27(31-19-22)25-12-8-9-13-26(25)28-32-34-35-33-28/h8-9,12-16,18-19,21H,4-7,10-11,17,20H2,1-3H3,(H,32,33,34,35). The second-order valence-electron chi connectivity index (χ2n) is 9.90. The van der Waals surface area contributed by atoms with Crippen LogP contribution in [0.2, 0.25) is 0 Å². The second kappa shape index (κ2) is 12.1. The number of tetrazole rings is 1. The summed E-state index contributed by atoms with van der Waals surface area (Å²) in [5, 5.41) is 14.5. The first-order valence-corrected chi connectivity index (χ1v) is 13.9. The zero-order valence-corrected chi connectivity index (χ0v) is 23.0. The molecule has 0 unspecified atom stereocenters. The van der Waals surface area contributed by atoms with Crippen molar-refractivity contribution in [1.82, 2.24) is 39.3 Å². The molecule has 0 saturated heterocycles. The Morgan fingerprint density at radius 1 is 0.923 bits per heavy atom. The molecule has 0 atom stereocenters. The fraction of sp³-hybridized carbons (Fsp3) is 0.367. The number of aryl methyl sites for hydroxylation is 3. The van der Waals surface area contributed by atoms with E-state index in [-0.39, 0.29) is 5.69 Å². The Morgan fingerprint density at radius 2 is 1.77 bits per heavy atom. The van der Waals surface area contributed by atoms with Crippen molar-refractivity contribution in [3.05, 3.63) is 88.4 Å². The quantitative estimate of drug-likeness (QED) is 0.234.